The lowest BCUT2D eigenvalue weighted by atomic mass is 10.1. The molecule has 1 nitrogen and oxygen atoms in total. The molecule has 0 aliphatic heterocycles. The van der Waals surface area contributed by atoms with Crippen molar-refractivity contribution in [1.29, 1.82) is 0 Å². The molecule has 0 fully saturated rings. The van der Waals surface area contributed by atoms with Gasteiger partial charge < -0.3 is 0 Å². The number of hydrogen-bond acceptors (Lipinski definition) is 2. The minimum atomic E-state index is 0.747. The number of thioether (sulfide) groups is 1. The lowest BCUT2D eigenvalue weighted by molar-refractivity contribution is 0.112. The molecule has 0 N–H and O–H groups in total. The molecule has 0 saturated carbocycles. The molecule has 0 heterocycles. The van der Waals surface area contributed by atoms with E-state index >= 15 is 0 Å². The molecule has 3 heteroatoms. The number of carbonyl (C=O) groups is 1. The zero-order valence-electron chi connectivity index (χ0n) is 10.0. The molecule has 2 aromatic rings. The van der Waals surface area contributed by atoms with Crippen LogP contribution in [0, 0.1) is 6.92 Å². The normalized spacial score (nSPS) is 10.3. The summed E-state index contributed by atoms with van der Waals surface area (Å²) in [6.07, 6.45) is 0.887. The maximum absolute atomic E-state index is 10.7. The van der Waals surface area contributed by atoms with Crippen LogP contribution in [-0.4, -0.2) is 6.29 Å². The summed E-state index contributed by atoms with van der Waals surface area (Å²) in [5, 5.41) is 0.797. The fraction of sp³-hybridized carbons (Fsp3) is 0.133. The number of rotatable bonds is 4. The summed E-state index contributed by atoms with van der Waals surface area (Å²) < 4.78 is 0. The highest BCUT2D eigenvalue weighted by Crippen LogP contribution is 2.27. The van der Waals surface area contributed by atoms with Crippen LogP contribution < -0.4 is 0 Å². The average Bonchev–Trinajstić information content (AvgIpc) is 2.38. The van der Waals surface area contributed by atoms with E-state index in [-0.39, 0.29) is 0 Å². The van der Waals surface area contributed by atoms with Crippen LogP contribution in [0.3, 0.4) is 0 Å². The van der Waals surface area contributed by atoms with Crippen molar-refractivity contribution in [2.75, 3.05) is 0 Å². The predicted molar refractivity (Wildman–Crippen MR) is 77.6 cm³/mol. The van der Waals surface area contributed by atoms with E-state index in [1.807, 2.05) is 49.4 Å². The van der Waals surface area contributed by atoms with Gasteiger partial charge in [-0.25, -0.2) is 0 Å². The van der Waals surface area contributed by atoms with Crippen molar-refractivity contribution in [3.63, 3.8) is 0 Å². The van der Waals surface area contributed by atoms with Crippen LogP contribution in [0.4, 0.5) is 0 Å². The summed E-state index contributed by atoms with van der Waals surface area (Å²) in [4.78, 5) is 11.9. The standard InChI is InChI=1S/C15H13ClOS/c1-11-8-14(7-6-12(11)9-17)18-10-13-4-2-3-5-15(13)16/h2-9H,10H2,1H3. The maximum atomic E-state index is 10.7. The van der Waals surface area contributed by atoms with Crippen molar-refractivity contribution < 1.29 is 4.79 Å². The second kappa shape index (κ2) is 6.07. The van der Waals surface area contributed by atoms with Crippen LogP contribution in [0.25, 0.3) is 0 Å². The van der Waals surface area contributed by atoms with Crippen LogP contribution >= 0.6 is 23.4 Å². The van der Waals surface area contributed by atoms with Gasteiger partial charge in [0, 0.05) is 21.2 Å². The summed E-state index contributed by atoms with van der Waals surface area (Å²) in [6, 6.07) is 13.7. The van der Waals surface area contributed by atoms with Gasteiger partial charge in [-0.2, -0.15) is 0 Å². The SMILES string of the molecule is Cc1cc(SCc2ccccc2Cl)ccc1C=O. The van der Waals surface area contributed by atoms with Gasteiger partial charge >= 0.3 is 0 Å². The first-order valence-electron chi connectivity index (χ1n) is 5.63. The zero-order valence-corrected chi connectivity index (χ0v) is 11.6. The minimum absolute atomic E-state index is 0.747. The van der Waals surface area contributed by atoms with Crippen molar-refractivity contribution in [3.8, 4) is 0 Å². The van der Waals surface area contributed by atoms with Gasteiger partial charge in [-0.1, -0.05) is 35.9 Å². The summed E-state index contributed by atoms with van der Waals surface area (Å²) in [5.74, 6) is 0.833. The molecule has 0 amide bonds. The van der Waals surface area contributed by atoms with Crippen LogP contribution in [-0.2, 0) is 5.75 Å². The summed E-state index contributed by atoms with van der Waals surface area (Å²) in [7, 11) is 0. The van der Waals surface area contributed by atoms with E-state index in [9.17, 15) is 4.79 Å². The lowest BCUT2D eigenvalue weighted by Crippen LogP contribution is -1.87. The molecule has 0 bridgehead atoms. The molecule has 92 valence electrons. The molecule has 0 radical (unpaired) electrons. The van der Waals surface area contributed by atoms with Gasteiger partial charge in [0.1, 0.15) is 6.29 Å². The van der Waals surface area contributed by atoms with Gasteiger partial charge in [0.15, 0.2) is 0 Å². The first-order chi connectivity index (χ1) is 8.70. The smallest absolute Gasteiger partial charge is 0.150 e. The van der Waals surface area contributed by atoms with E-state index in [1.165, 1.54) is 0 Å². The Kier molecular flexibility index (Phi) is 4.45. The quantitative estimate of drug-likeness (QED) is 0.592. The highest BCUT2D eigenvalue weighted by Gasteiger charge is 2.02. The number of aldehydes is 1. The average molecular weight is 277 g/mol. The Bertz CT molecular complexity index is 566. The molecule has 0 unspecified atom stereocenters. The van der Waals surface area contributed by atoms with Gasteiger partial charge in [-0.05, 0) is 36.2 Å². The van der Waals surface area contributed by atoms with Crippen LogP contribution in [0.5, 0.6) is 0 Å². The number of carbonyl (C=O) groups excluding carboxylic acids is 1. The zero-order chi connectivity index (χ0) is 13.0. The van der Waals surface area contributed by atoms with E-state index in [1.54, 1.807) is 11.8 Å². The van der Waals surface area contributed by atoms with Crippen LogP contribution in [0.1, 0.15) is 21.5 Å². The summed E-state index contributed by atoms with van der Waals surface area (Å²) in [5.41, 5.74) is 2.88. The molecule has 0 atom stereocenters. The molecule has 0 aliphatic rings. The molecule has 18 heavy (non-hydrogen) atoms. The number of benzene rings is 2. The fourth-order valence-corrected chi connectivity index (χ4v) is 2.93. The number of halogens is 1. The molecular formula is C15H13ClOS. The monoisotopic (exact) mass is 276 g/mol. The molecule has 0 aliphatic carbocycles. The van der Waals surface area contributed by atoms with E-state index in [0.29, 0.717) is 0 Å². The lowest BCUT2D eigenvalue weighted by Gasteiger charge is -2.06. The molecule has 2 aromatic carbocycles. The van der Waals surface area contributed by atoms with Crippen molar-refractivity contribution in [2.24, 2.45) is 0 Å². The fourth-order valence-electron chi connectivity index (χ4n) is 1.65. The van der Waals surface area contributed by atoms with Gasteiger partial charge in [-0.15, -0.1) is 11.8 Å². The Morgan fingerprint density at radius 1 is 1.22 bits per heavy atom. The maximum Gasteiger partial charge on any atom is 0.150 e. The van der Waals surface area contributed by atoms with E-state index in [4.69, 9.17) is 11.6 Å². The van der Waals surface area contributed by atoms with Crippen LogP contribution in [0.15, 0.2) is 47.4 Å². The second-order valence-electron chi connectivity index (χ2n) is 4.02. The third kappa shape index (κ3) is 3.15. The minimum Gasteiger partial charge on any atom is -0.298 e. The van der Waals surface area contributed by atoms with Crippen molar-refractivity contribution in [2.45, 2.75) is 17.6 Å². The third-order valence-electron chi connectivity index (χ3n) is 2.72. The van der Waals surface area contributed by atoms with E-state index in [2.05, 4.69) is 0 Å². The largest absolute Gasteiger partial charge is 0.298 e. The highest BCUT2D eigenvalue weighted by molar-refractivity contribution is 7.98. The first-order valence-corrected chi connectivity index (χ1v) is 6.99. The van der Waals surface area contributed by atoms with Gasteiger partial charge in [0.2, 0.25) is 0 Å². The Hall–Kier alpha value is -1.25. The van der Waals surface area contributed by atoms with Crippen molar-refractivity contribution >= 4 is 29.6 Å². The molecule has 2 rings (SSSR count). The Labute approximate surface area is 116 Å². The Morgan fingerprint density at radius 2 is 2.00 bits per heavy atom. The second-order valence-corrected chi connectivity index (χ2v) is 5.47. The third-order valence-corrected chi connectivity index (χ3v) is 4.13. The molecule has 0 aromatic heterocycles. The topological polar surface area (TPSA) is 17.1 Å². The molecular weight excluding hydrogens is 264 g/mol. The van der Waals surface area contributed by atoms with Gasteiger partial charge in [0.05, 0.1) is 0 Å². The summed E-state index contributed by atoms with van der Waals surface area (Å²) >= 11 is 7.83. The number of hydrogen-bond donors (Lipinski definition) is 0. The van der Waals surface area contributed by atoms with Crippen LogP contribution in [0.2, 0.25) is 5.02 Å². The molecule has 0 saturated heterocycles. The molecule has 0 spiro atoms. The van der Waals surface area contributed by atoms with Gasteiger partial charge in [-0.3, -0.25) is 4.79 Å². The number of aryl methyl sites for hydroxylation is 1. The van der Waals surface area contributed by atoms with Crippen molar-refractivity contribution in [1.82, 2.24) is 0 Å². The Balaban J connectivity index is 2.09. The van der Waals surface area contributed by atoms with E-state index < -0.39 is 0 Å². The predicted octanol–water partition coefficient (Wildman–Crippen LogP) is 4.75. The Morgan fingerprint density at radius 3 is 2.67 bits per heavy atom. The first kappa shape index (κ1) is 13.2. The van der Waals surface area contributed by atoms with Crippen molar-refractivity contribution in [3.05, 3.63) is 64.2 Å². The highest BCUT2D eigenvalue weighted by atomic mass is 35.5. The summed E-state index contributed by atoms with van der Waals surface area (Å²) in [6.45, 7) is 1.95. The van der Waals surface area contributed by atoms with Gasteiger partial charge in [0.25, 0.3) is 0 Å². The van der Waals surface area contributed by atoms with E-state index in [0.717, 1.165) is 38.6 Å².